The number of sulfonamides is 1. The number of nitrogens with two attached hydrogens (primary N) is 1. The first-order valence-electron chi connectivity index (χ1n) is 6.88. The third-order valence-electron chi connectivity index (χ3n) is 4.30. The first-order valence-corrected chi connectivity index (χ1v) is 9.16. The van der Waals surface area contributed by atoms with Crippen molar-refractivity contribution < 1.29 is 8.42 Å². The molecule has 4 nitrogen and oxygen atoms in total. The van der Waals surface area contributed by atoms with E-state index in [1.54, 1.807) is 18.2 Å². The second-order valence-corrected chi connectivity index (χ2v) is 8.25. The van der Waals surface area contributed by atoms with Crippen LogP contribution in [-0.2, 0) is 10.0 Å². The molecule has 3 unspecified atom stereocenters. The van der Waals surface area contributed by atoms with Gasteiger partial charge in [-0.1, -0.05) is 26.7 Å². The molecule has 1 aliphatic rings. The van der Waals surface area contributed by atoms with E-state index in [4.69, 9.17) is 5.73 Å². The standard InChI is InChI=1S/C14H21BrN2O2S/c1-9-4-3-5-14(10(9)2)17-20(18,19)11-6-7-13(16)12(15)8-11/h6-10,14,17H,3-5,16H2,1-2H3. The van der Waals surface area contributed by atoms with Gasteiger partial charge in [-0.3, -0.25) is 0 Å². The Balaban J connectivity index is 2.20. The van der Waals surface area contributed by atoms with E-state index in [1.165, 1.54) is 6.42 Å². The quantitative estimate of drug-likeness (QED) is 0.813. The van der Waals surface area contributed by atoms with Gasteiger partial charge < -0.3 is 5.73 Å². The second-order valence-electron chi connectivity index (χ2n) is 5.68. The molecule has 0 saturated heterocycles. The molecule has 0 amide bonds. The van der Waals surface area contributed by atoms with Gasteiger partial charge in [-0.15, -0.1) is 0 Å². The van der Waals surface area contributed by atoms with E-state index in [0.717, 1.165) is 12.8 Å². The zero-order valence-electron chi connectivity index (χ0n) is 11.8. The lowest BCUT2D eigenvalue weighted by molar-refractivity contribution is 0.227. The summed E-state index contributed by atoms with van der Waals surface area (Å²) in [6.45, 7) is 4.31. The van der Waals surface area contributed by atoms with Crippen LogP contribution in [0.1, 0.15) is 33.1 Å². The number of halogens is 1. The molecule has 0 aliphatic heterocycles. The molecule has 0 bridgehead atoms. The van der Waals surface area contributed by atoms with E-state index < -0.39 is 10.0 Å². The molecule has 1 aromatic rings. The second kappa shape index (κ2) is 6.03. The van der Waals surface area contributed by atoms with Crippen LogP contribution in [0, 0.1) is 11.8 Å². The maximum absolute atomic E-state index is 12.4. The smallest absolute Gasteiger partial charge is 0.240 e. The third-order valence-corrected chi connectivity index (χ3v) is 6.47. The van der Waals surface area contributed by atoms with Crippen LogP contribution in [0.2, 0.25) is 0 Å². The topological polar surface area (TPSA) is 72.2 Å². The Kier molecular flexibility index (Phi) is 4.76. The molecule has 0 radical (unpaired) electrons. The van der Waals surface area contributed by atoms with Gasteiger partial charge in [-0.25, -0.2) is 13.1 Å². The molecule has 0 heterocycles. The Labute approximate surface area is 129 Å². The molecular formula is C14H21BrN2O2S. The molecule has 2 rings (SSSR count). The number of hydrogen-bond donors (Lipinski definition) is 2. The average Bonchev–Trinajstić information content (AvgIpc) is 2.38. The summed E-state index contributed by atoms with van der Waals surface area (Å²) < 4.78 is 28.3. The van der Waals surface area contributed by atoms with E-state index in [2.05, 4.69) is 34.5 Å². The highest BCUT2D eigenvalue weighted by atomic mass is 79.9. The minimum Gasteiger partial charge on any atom is -0.398 e. The van der Waals surface area contributed by atoms with Crippen LogP contribution in [0.25, 0.3) is 0 Å². The van der Waals surface area contributed by atoms with Crippen LogP contribution < -0.4 is 10.5 Å². The van der Waals surface area contributed by atoms with Crippen LogP contribution in [0.5, 0.6) is 0 Å². The lowest BCUT2D eigenvalue weighted by Gasteiger charge is -2.34. The fraction of sp³-hybridized carbons (Fsp3) is 0.571. The first kappa shape index (κ1) is 15.8. The van der Waals surface area contributed by atoms with E-state index in [-0.39, 0.29) is 10.9 Å². The van der Waals surface area contributed by atoms with Gasteiger partial charge in [-0.2, -0.15) is 0 Å². The zero-order valence-corrected chi connectivity index (χ0v) is 14.2. The van der Waals surface area contributed by atoms with Crippen molar-refractivity contribution in [2.24, 2.45) is 11.8 Å². The minimum absolute atomic E-state index is 0.0140. The van der Waals surface area contributed by atoms with Crippen molar-refractivity contribution in [1.82, 2.24) is 4.72 Å². The van der Waals surface area contributed by atoms with Crippen LogP contribution in [0.15, 0.2) is 27.6 Å². The molecule has 3 N–H and O–H groups in total. The van der Waals surface area contributed by atoms with Gasteiger partial charge in [0.1, 0.15) is 0 Å². The Bertz CT molecular complexity index is 589. The lowest BCUT2D eigenvalue weighted by atomic mass is 9.78. The Morgan fingerprint density at radius 1 is 1.30 bits per heavy atom. The maximum Gasteiger partial charge on any atom is 0.240 e. The number of benzene rings is 1. The van der Waals surface area contributed by atoms with Crippen molar-refractivity contribution >= 4 is 31.6 Å². The van der Waals surface area contributed by atoms with E-state index in [0.29, 0.717) is 22.0 Å². The molecule has 3 atom stereocenters. The summed E-state index contributed by atoms with van der Waals surface area (Å²) in [5.41, 5.74) is 6.23. The minimum atomic E-state index is -3.49. The summed E-state index contributed by atoms with van der Waals surface area (Å²) in [7, 11) is -3.49. The predicted molar refractivity (Wildman–Crippen MR) is 84.8 cm³/mol. The van der Waals surface area contributed by atoms with Gasteiger partial charge in [0.25, 0.3) is 0 Å². The fourth-order valence-corrected chi connectivity index (χ4v) is 4.61. The molecule has 112 valence electrons. The van der Waals surface area contributed by atoms with Crippen molar-refractivity contribution in [2.75, 3.05) is 5.73 Å². The highest BCUT2D eigenvalue weighted by molar-refractivity contribution is 9.10. The van der Waals surface area contributed by atoms with Gasteiger partial charge in [0.15, 0.2) is 0 Å². The Morgan fingerprint density at radius 3 is 2.65 bits per heavy atom. The largest absolute Gasteiger partial charge is 0.398 e. The summed E-state index contributed by atoms with van der Waals surface area (Å²) >= 11 is 3.27. The summed E-state index contributed by atoms with van der Waals surface area (Å²) in [4.78, 5) is 0.254. The SMILES string of the molecule is CC1CCCC(NS(=O)(=O)c2ccc(N)c(Br)c2)C1C. The number of nitrogens with one attached hydrogen (secondary N) is 1. The van der Waals surface area contributed by atoms with Gasteiger partial charge in [0, 0.05) is 16.2 Å². The van der Waals surface area contributed by atoms with Gasteiger partial charge >= 0.3 is 0 Å². The van der Waals surface area contributed by atoms with Crippen LogP contribution in [0.4, 0.5) is 5.69 Å². The average molecular weight is 361 g/mol. The van der Waals surface area contributed by atoms with Gasteiger partial charge in [0.2, 0.25) is 10.0 Å². The van der Waals surface area contributed by atoms with E-state index in [9.17, 15) is 8.42 Å². The van der Waals surface area contributed by atoms with Crippen molar-refractivity contribution in [3.8, 4) is 0 Å². The van der Waals surface area contributed by atoms with Crippen LogP contribution >= 0.6 is 15.9 Å². The summed E-state index contributed by atoms with van der Waals surface area (Å²) in [6.07, 6.45) is 3.15. The maximum atomic E-state index is 12.4. The number of nitrogen functional groups attached to an aromatic ring is 1. The Hall–Kier alpha value is -0.590. The van der Waals surface area contributed by atoms with Crippen LogP contribution in [0.3, 0.4) is 0 Å². The molecule has 1 fully saturated rings. The summed E-state index contributed by atoms with van der Waals surface area (Å²) in [6, 6.07) is 4.71. The first-order chi connectivity index (χ1) is 9.31. The normalized spacial score (nSPS) is 27.4. The summed E-state index contributed by atoms with van der Waals surface area (Å²) in [5.74, 6) is 0.908. The van der Waals surface area contributed by atoms with E-state index >= 15 is 0 Å². The van der Waals surface area contributed by atoms with Crippen molar-refractivity contribution in [2.45, 2.75) is 44.0 Å². The highest BCUT2D eigenvalue weighted by Gasteiger charge is 2.30. The Morgan fingerprint density at radius 2 is 2.00 bits per heavy atom. The van der Waals surface area contributed by atoms with E-state index in [1.807, 2.05) is 0 Å². The highest BCUT2D eigenvalue weighted by Crippen LogP contribution is 2.31. The van der Waals surface area contributed by atoms with Crippen molar-refractivity contribution in [3.63, 3.8) is 0 Å². The molecule has 6 heteroatoms. The monoisotopic (exact) mass is 360 g/mol. The van der Waals surface area contributed by atoms with Gasteiger partial charge in [-0.05, 0) is 52.4 Å². The molecule has 20 heavy (non-hydrogen) atoms. The van der Waals surface area contributed by atoms with Crippen molar-refractivity contribution in [3.05, 3.63) is 22.7 Å². The zero-order chi connectivity index (χ0) is 14.9. The van der Waals surface area contributed by atoms with Crippen LogP contribution in [-0.4, -0.2) is 14.5 Å². The molecular weight excluding hydrogens is 340 g/mol. The molecule has 1 saturated carbocycles. The number of hydrogen-bond acceptors (Lipinski definition) is 3. The third kappa shape index (κ3) is 3.35. The summed E-state index contributed by atoms with van der Waals surface area (Å²) in [5, 5.41) is 0. The molecule has 0 aromatic heterocycles. The molecule has 0 spiro atoms. The molecule has 1 aromatic carbocycles. The fourth-order valence-electron chi connectivity index (χ4n) is 2.69. The predicted octanol–water partition coefficient (Wildman–Crippen LogP) is 3.13. The molecule has 1 aliphatic carbocycles. The number of anilines is 1. The van der Waals surface area contributed by atoms with Gasteiger partial charge in [0.05, 0.1) is 4.90 Å². The number of rotatable bonds is 3. The van der Waals surface area contributed by atoms with Crippen molar-refractivity contribution in [1.29, 1.82) is 0 Å². The lowest BCUT2D eigenvalue weighted by Crippen LogP contribution is -2.43.